The minimum atomic E-state index is -3.96. The van der Waals surface area contributed by atoms with Crippen molar-refractivity contribution in [3.8, 4) is 11.3 Å². The predicted octanol–water partition coefficient (Wildman–Crippen LogP) is 5.89. The number of Topliss-reactive ketones (excluding diaryl/α,β-unsaturated/α-hetero) is 1. The van der Waals surface area contributed by atoms with Gasteiger partial charge in [-0.15, -0.1) is 0 Å². The van der Waals surface area contributed by atoms with Gasteiger partial charge in [0.15, 0.2) is 15.6 Å². The predicted molar refractivity (Wildman–Crippen MR) is 173 cm³/mol. The Kier molecular flexibility index (Phi) is 10.2. The minimum Gasteiger partial charge on any atom is -0.460 e. The molecule has 2 aliphatic rings. The number of ether oxygens (including phenoxy) is 2. The molecule has 14 heteroatoms. The SMILES string of the molecule is CC(=O)OC1CCc2c1ncc(CC(=O)c1ccc(F)c(-c3c(F)cc(S(C)(=O)=O)cc3F)n1)c2N1CCC[C@H](CC(=O)OC(C)(C)C)C1. The van der Waals surface area contributed by atoms with E-state index < -0.39 is 66.9 Å². The summed E-state index contributed by atoms with van der Waals surface area (Å²) in [6, 6.07) is 3.13. The summed E-state index contributed by atoms with van der Waals surface area (Å²) >= 11 is 0. The smallest absolute Gasteiger partial charge is 0.306 e. The number of piperidine rings is 1. The first kappa shape index (κ1) is 36.0. The number of ketones is 1. The Bertz CT molecular complexity index is 1900. The van der Waals surface area contributed by atoms with Gasteiger partial charge in [-0.2, -0.15) is 0 Å². The molecule has 2 aromatic heterocycles. The highest BCUT2D eigenvalue weighted by Gasteiger charge is 2.35. The first-order valence-electron chi connectivity index (χ1n) is 15.9. The number of carbonyl (C=O) groups excluding carboxylic acids is 3. The molecule has 0 bridgehead atoms. The molecular formula is C35H38F3N3O7S. The van der Waals surface area contributed by atoms with E-state index >= 15 is 8.78 Å². The second-order valence-electron chi connectivity index (χ2n) is 13.5. The Morgan fingerprint density at radius 2 is 1.73 bits per heavy atom. The van der Waals surface area contributed by atoms with Crippen molar-refractivity contribution in [2.24, 2.45) is 5.92 Å². The van der Waals surface area contributed by atoms with Gasteiger partial charge in [0.25, 0.3) is 0 Å². The molecule has 0 radical (unpaired) electrons. The van der Waals surface area contributed by atoms with Crippen molar-refractivity contribution in [2.75, 3.05) is 24.2 Å². The lowest BCUT2D eigenvalue weighted by atomic mass is 9.92. The van der Waals surface area contributed by atoms with Crippen LogP contribution in [0.4, 0.5) is 18.9 Å². The molecule has 0 amide bonds. The number of fused-ring (bicyclic) bond motifs is 1. The monoisotopic (exact) mass is 701 g/mol. The van der Waals surface area contributed by atoms with Crippen LogP contribution in [-0.4, -0.2) is 61.1 Å². The Morgan fingerprint density at radius 3 is 2.37 bits per heavy atom. The van der Waals surface area contributed by atoms with Gasteiger partial charge in [0.05, 0.1) is 22.6 Å². The molecule has 1 unspecified atom stereocenters. The van der Waals surface area contributed by atoms with E-state index in [0.717, 1.165) is 42.5 Å². The molecule has 5 rings (SSSR count). The molecule has 262 valence electrons. The topological polar surface area (TPSA) is 133 Å². The van der Waals surface area contributed by atoms with Crippen molar-refractivity contribution in [1.29, 1.82) is 0 Å². The van der Waals surface area contributed by atoms with E-state index in [1.54, 1.807) is 0 Å². The summed E-state index contributed by atoms with van der Waals surface area (Å²) in [6.07, 6.45) is 4.30. The molecule has 1 aliphatic carbocycles. The third-order valence-electron chi connectivity index (χ3n) is 8.40. The molecule has 1 aliphatic heterocycles. The van der Waals surface area contributed by atoms with Gasteiger partial charge in [0, 0.05) is 55.7 Å². The van der Waals surface area contributed by atoms with Gasteiger partial charge < -0.3 is 14.4 Å². The fourth-order valence-electron chi connectivity index (χ4n) is 6.46. The molecule has 0 N–H and O–H groups in total. The Labute approximate surface area is 283 Å². The van der Waals surface area contributed by atoms with Crippen molar-refractivity contribution in [3.63, 3.8) is 0 Å². The van der Waals surface area contributed by atoms with Crippen molar-refractivity contribution >= 4 is 33.2 Å². The van der Waals surface area contributed by atoms with Gasteiger partial charge in [0.1, 0.15) is 40.5 Å². The summed E-state index contributed by atoms with van der Waals surface area (Å²) in [7, 11) is -3.96. The molecule has 10 nitrogen and oxygen atoms in total. The second-order valence-corrected chi connectivity index (χ2v) is 15.6. The van der Waals surface area contributed by atoms with Gasteiger partial charge in [-0.1, -0.05) is 0 Å². The van der Waals surface area contributed by atoms with Crippen LogP contribution in [0.5, 0.6) is 0 Å². The summed E-state index contributed by atoms with van der Waals surface area (Å²) in [4.78, 5) is 48.3. The molecule has 49 heavy (non-hydrogen) atoms. The summed E-state index contributed by atoms with van der Waals surface area (Å²) in [5, 5.41) is 0. The molecule has 3 heterocycles. The van der Waals surface area contributed by atoms with Gasteiger partial charge >= 0.3 is 11.9 Å². The fourth-order valence-corrected chi connectivity index (χ4v) is 7.09. The van der Waals surface area contributed by atoms with Crippen LogP contribution >= 0.6 is 0 Å². The van der Waals surface area contributed by atoms with Crippen molar-refractivity contribution in [2.45, 2.75) is 82.8 Å². The van der Waals surface area contributed by atoms with Crippen molar-refractivity contribution < 1.29 is 45.4 Å². The molecule has 2 atom stereocenters. The number of nitrogens with zero attached hydrogens (tertiary/aromatic N) is 3. The summed E-state index contributed by atoms with van der Waals surface area (Å²) in [5.74, 6) is -5.18. The van der Waals surface area contributed by atoms with Crippen molar-refractivity contribution in [1.82, 2.24) is 9.97 Å². The fraction of sp³-hybridized carbons (Fsp3) is 0.457. The number of hydrogen-bond acceptors (Lipinski definition) is 10. The van der Waals surface area contributed by atoms with Crippen LogP contribution in [0.3, 0.4) is 0 Å². The zero-order valence-corrected chi connectivity index (χ0v) is 28.8. The van der Waals surface area contributed by atoms with E-state index in [0.29, 0.717) is 49.3 Å². The second kappa shape index (κ2) is 13.9. The first-order valence-corrected chi connectivity index (χ1v) is 17.8. The van der Waals surface area contributed by atoms with Crippen LogP contribution in [0.25, 0.3) is 11.3 Å². The lowest BCUT2D eigenvalue weighted by molar-refractivity contribution is -0.156. The average molecular weight is 702 g/mol. The minimum absolute atomic E-state index is 0.0261. The molecule has 1 aromatic carbocycles. The third kappa shape index (κ3) is 8.28. The normalized spacial score (nSPS) is 17.8. The number of hydrogen-bond donors (Lipinski definition) is 0. The molecule has 1 fully saturated rings. The highest BCUT2D eigenvalue weighted by molar-refractivity contribution is 7.90. The van der Waals surface area contributed by atoms with Crippen LogP contribution in [-0.2, 0) is 41.7 Å². The maximum atomic E-state index is 15.0. The average Bonchev–Trinajstić information content (AvgIpc) is 3.38. The third-order valence-corrected chi connectivity index (χ3v) is 9.49. The number of esters is 2. The van der Waals surface area contributed by atoms with Crippen LogP contribution in [0.15, 0.2) is 35.4 Å². The molecule has 0 saturated carbocycles. The van der Waals surface area contributed by atoms with E-state index in [-0.39, 0.29) is 30.4 Å². The zero-order chi connectivity index (χ0) is 35.8. The Morgan fingerprint density at radius 1 is 1.04 bits per heavy atom. The lowest BCUT2D eigenvalue weighted by Crippen LogP contribution is -2.38. The number of sulfone groups is 1. The molecule has 0 spiro atoms. The van der Waals surface area contributed by atoms with Crippen LogP contribution in [0, 0.1) is 23.4 Å². The van der Waals surface area contributed by atoms with Crippen LogP contribution in [0.2, 0.25) is 0 Å². The van der Waals surface area contributed by atoms with E-state index in [9.17, 15) is 27.2 Å². The molecule has 3 aromatic rings. The van der Waals surface area contributed by atoms with Gasteiger partial charge in [-0.05, 0) is 76.6 Å². The molecular weight excluding hydrogens is 663 g/mol. The largest absolute Gasteiger partial charge is 0.460 e. The zero-order valence-electron chi connectivity index (χ0n) is 27.9. The summed E-state index contributed by atoms with van der Waals surface area (Å²) in [5.41, 5.74) is 0.0815. The highest BCUT2D eigenvalue weighted by atomic mass is 32.2. The number of benzene rings is 1. The number of rotatable bonds is 9. The van der Waals surface area contributed by atoms with E-state index in [1.165, 1.54) is 13.1 Å². The maximum absolute atomic E-state index is 15.0. The number of halogens is 3. The van der Waals surface area contributed by atoms with E-state index in [1.807, 2.05) is 20.8 Å². The van der Waals surface area contributed by atoms with Crippen LogP contribution in [0.1, 0.15) is 86.8 Å². The number of anilines is 1. The van der Waals surface area contributed by atoms with Crippen LogP contribution < -0.4 is 4.90 Å². The lowest BCUT2D eigenvalue weighted by Gasteiger charge is -2.36. The molecule has 1 saturated heterocycles. The van der Waals surface area contributed by atoms with E-state index in [4.69, 9.17) is 9.47 Å². The first-order chi connectivity index (χ1) is 22.9. The van der Waals surface area contributed by atoms with Gasteiger partial charge in [-0.3, -0.25) is 19.4 Å². The maximum Gasteiger partial charge on any atom is 0.306 e. The number of pyridine rings is 2. The number of aromatic nitrogens is 2. The highest BCUT2D eigenvalue weighted by Crippen LogP contribution is 2.42. The van der Waals surface area contributed by atoms with Crippen molar-refractivity contribution in [3.05, 3.63) is 70.4 Å². The summed E-state index contributed by atoms with van der Waals surface area (Å²) < 4.78 is 79.7. The summed E-state index contributed by atoms with van der Waals surface area (Å²) in [6.45, 7) is 7.86. The van der Waals surface area contributed by atoms with E-state index in [2.05, 4.69) is 14.9 Å². The quantitative estimate of drug-likeness (QED) is 0.197. The van der Waals surface area contributed by atoms with Gasteiger partial charge in [-0.25, -0.2) is 26.6 Å². The van der Waals surface area contributed by atoms with Gasteiger partial charge in [0.2, 0.25) is 0 Å². The Hall–Kier alpha value is -4.33. The number of carbonyl (C=O) groups is 3. The standard InChI is InChI=1S/C35H38F3N3O7S/c1-19(42)47-29-11-8-23-32(29)39-17-21(34(23)41-12-6-7-20(18-41)13-30(44)48-35(2,3)4)14-28(43)27-10-9-24(36)33(40-27)31-25(37)15-22(16-26(31)38)49(5,45)46/h9-10,15-17,20,29H,6-8,11-14,18H2,1-5H3/t20-,29?/m1/s1. The Balaban J connectivity index is 1.49.